The van der Waals surface area contributed by atoms with Gasteiger partial charge in [-0.25, -0.2) is 0 Å². The smallest absolute Gasteiger partial charge is 0.0601 e. The van der Waals surface area contributed by atoms with Gasteiger partial charge in [-0.3, -0.25) is 4.90 Å². The third-order valence-corrected chi connectivity index (χ3v) is 5.05. The van der Waals surface area contributed by atoms with Crippen LogP contribution in [0.5, 0.6) is 0 Å². The van der Waals surface area contributed by atoms with Crippen LogP contribution in [0.4, 0.5) is 0 Å². The molecule has 0 bridgehead atoms. The largest absolute Gasteiger partial charge is 0.381 e. The van der Waals surface area contributed by atoms with Crippen molar-refractivity contribution < 1.29 is 4.74 Å². The normalized spacial score (nSPS) is 37.8. The molecule has 1 aliphatic carbocycles. The first kappa shape index (κ1) is 13.3. The van der Waals surface area contributed by atoms with Crippen LogP contribution in [0.2, 0.25) is 0 Å². The van der Waals surface area contributed by atoms with Crippen molar-refractivity contribution in [1.29, 1.82) is 0 Å². The molecule has 1 N–H and O–H groups in total. The van der Waals surface area contributed by atoms with Gasteiger partial charge in [0.25, 0.3) is 0 Å². The number of ether oxygens (including phenoxy) is 1. The summed E-state index contributed by atoms with van der Waals surface area (Å²) in [4.78, 5) is 2.72. The summed E-state index contributed by atoms with van der Waals surface area (Å²) in [6.45, 7) is 9.31. The van der Waals surface area contributed by atoms with E-state index in [1.807, 2.05) is 7.11 Å². The molecule has 0 radical (unpaired) electrons. The summed E-state index contributed by atoms with van der Waals surface area (Å²) < 4.78 is 5.40. The highest BCUT2D eigenvalue weighted by Crippen LogP contribution is 2.33. The van der Waals surface area contributed by atoms with E-state index in [0.717, 1.165) is 12.6 Å². The molecule has 0 aromatic carbocycles. The van der Waals surface area contributed by atoms with Crippen molar-refractivity contribution in [3.63, 3.8) is 0 Å². The maximum absolute atomic E-state index is 5.40. The van der Waals surface area contributed by atoms with Crippen LogP contribution in [0.25, 0.3) is 0 Å². The molecule has 0 aromatic heterocycles. The van der Waals surface area contributed by atoms with Gasteiger partial charge in [0.2, 0.25) is 0 Å². The fourth-order valence-electron chi connectivity index (χ4n) is 3.26. The van der Waals surface area contributed by atoms with E-state index in [9.17, 15) is 0 Å². The van der Waals surface area contributed by atoms with Crippen LogP contribution in [-0.4, -0.2) is 48.8 Å². The minimum atomic E-state index is 0.352. The van der Waals surface area contributed by atoms with Gasteiger partial charge in [-0.2, -0.15) is 0 Å². The Kier molecular flexibility index (Phi) is 4.11. The predicted octanol–water partition coefficient (Wildman–Crippen LogP) is 2.02. The lowest BCUT2D eigenvalue weighted by atomic mass is 9.82. The maximum atomic E-state index is 5.40. The molecule has 2 rings (SSSR count). The van der Waals surface area contributed by atoms with Gasteiger partial charge in [0.05, 0.1) is 6.10 Å². The molecular weight excluding hydrogens is 212 g/mol. The molecule has 2 aliphatic rings. The van der Waals surface area contributed by atoms with Gasteiger partial charge in [0.15, 0.2) is 0 Å². The minimum Gasteiger partial charge on any atom is -0.381 e. The average Bonchev–Trinajstić information content (AvgIpc) is 2.31. The fourth-order valence-corrected chi connectivity index (χ4v) is 3.26. The maximum Gasteiger partial charge on any atom is 0.0601 e. The molecule has 3 heteroatoms. The molecule has 2 fully saturated rings. The fraction of sp³-hybridized carbons (Fsp3) is 1.00. The molecule has 17 heavy (non-hydrogen) atoms. The summed E-state index contributed by atoms with van der Waals surface area (Å²) in [5.41, 5.74) is 0.352. The minimum absolute atomic E-state index is 0.352. The van der Waals surface area contributed by atoms with Gasteiger partial charge < -0.3 is 10.1 Å². The highest BCUT2D eigenvalue weighted by atomic mass is 16.5. The lowest BCUT2D eigenvalue weighted by Crippen LogP contribution is -2.67. The first-order chi connectivity index (χ1) is 8.14. The molecule has 3 nitrogen and oxygen atoms in total. The molecule has 1 unspecified atom stereocenters. The molecule has 1 aliphatic heterocycles. The van der Waals surface area contributed by atoms with Crippen molar-refractivity contribution in [2.45, 2.75) is 70.2 Å². The summed E-state index contributed by atoms with van der Waals surface area (Å²) >= 11 is 0. The second-order valence-corrected chi connectivity index (χ2v) is 5.87. The van der Waals surface area contributed by atoms with E-state index in [2.05, 4.69) is 31.0 Å². The Morgan fingerprint density at radius 3 is 2.47 bits per heavy atom. The van der Waals surface area contributed by atoms with Crippen LogP contribution < -0.4 is 5.32 Å². The second kappa shape index (κ2) is 5.25. The lowest BCUT2D eigenvalue weighted by molar-refractivity contribution is -0.0607. The van der Waals surface area contributed by atoms with Gasteiger partial charge in [0, 0.05) is 37.8 Å². The Hall–Kier alpha value is -0.120. The summed E-state index contributed by atoms with van der Waals surface area (Å²) in [6, 6.07) is 1.43. The Labute approximate surface area is 106 Å². The Morgan fingerprint density at radius 1 is 1.29 bits per heavy atom. The Balaban J connectivity index is 1.96. The van der Waals surface area contributed by atoms with E-state index in [1.165, 1.54) is 32.2 Å². The van der Waals surface area contributed by atoms with Gasteiger partial charge in [-0.1, -0.05) is 13.8 Å². The molecule has 1 atom stereocenters. The third kappa shape index (κ3) is 2.51. The molecule has 1 saturated heterocycles. The highest BCUT2D eigenvalue weighted by molar-refractivity contribution is 5.00. The van der Waals surface area contributed by atoms with Crippen LogP contribution in [-0.2, 0) is 4.74 Å². The first-order valence-corrected chi connectivity index (χ1v) is 7.17. The second-order valence-electron chi connectivity index (χ2n) is 5.87. The molecule has 100 valence electrons. The van der Waals surface area contributed by atoms with Crippen molar-refractivity contribution in [1.82, 2.24) is 10.2 Å². The topological polar surface area (TPSA) is 24.5 Å². The zero-order valence-corrected chi connectivity index (χ0v) is 11.8. The van der Waals surface area contributed by atoms with Crippen molar-refractivity contribution in [2.24, 2.45) is 0 Å². The van der Waals surface area contributed by atoms with Crippen LogP contribution in [0.1, 0.15) is 46.5 Å². The molecular formula is C14H28N2O. The van der Waals surface area contributed by atoms with Crippen molar-refractivity contribution in [3.8, 4) is 0 Å². The van der Waals surface area contributed by atoms with E-state index in [1.54, 1.807) is 0 Å². The molecule has 0 spiro atoms. The van der Waals surface area contributed by atoms with Crippen LogP contribution in [0, 0.1) is 0 Å². The Morgan fingerprint density at radius 2 is 1.94 bits per heavy atom. The zero-order chi connectivity index (χ0) is 12.5. The number of hydrogen-bond donors (Lipinski definition) is 1. The van der Waals surface area contributed by atoms with Crippen molar-refractivity contribution in [3.05, 3.63) is 0 Å². The van der Waals surface area contributed by atoms with E-state index in [0.29, 0.717) is 17.7 Å². The van der Waals surface area contributed by atoms with Crippen molar-refractivity contribution in [2.75, 3.05) is 20.2 Å². The van der Waals surface area contributed by atoms with Gasteiger partial charge in [-0.15, -0.1) is 0 Å². The van der Waals surface area contributed by atoms with E-state index in [4.69, 9.17) is 4.74 Å². The predicted molar refractivity (Wildman–Crippen MR) is 71.3 cm³/mol. The number of nitrogens with one attached hydrogen (secondary N) is 1. The average molecular weight is 240 g/mol. The summed E-state index contributed by atoms with van der Waals surface area (Å²) in [7, 11) is 1.84. The summed E-state index contributed by atoms with van der Waals surface area (Å²) in [5.74, 6) is 0. The van der Waals surface area contributed by atoms with Gasteiger partial charge in [0.1, 0.15) is 0 Å². The van der Waals surface area contributed by atoms with E-state index in [-0.39, 0.29) is 0 Å². The lowest BCUT2D eigenvalue weighted by Gasteiger charge is -2.53. The molecule has 0 aromatic rings. The van der Waals surface area contributed by atoms with Gasteiger partial charge >= 0.3 is 0 Å². The van der Waals surface area contributed by atoms with E-state index < -0.39 is 0 Å². The monoisotopic (exact) mass is 240 g/mol. The first-order valence-electron chi connectivity index (χ1n) is 7.17. The SMILES string of the molecule is CCC1(CC)CN(C2CC(OC)C2)C(C)CN1. The van der Waals surface area contributed by atoms with Crippen LogP contribution >= 0.6 is 0 Å². The van der Waals surface area contributed by atoms with Crippen LogP contribution in [0.15, 0.2) is 0 Å². The Bertz CT molecular complexity index is 247. The van der Waals surface area contributed by atoms with E-state index >= 15 is 0 Å². The highest BCUT2D eigenvalue weighted by Gasteiger charge is 2.42. The number of nitrogens with zero attached hydrogens (tertiary/aromatic N) is 1. The zero-order valence-electron chi connectivity index (χ0n) is 11.8. The summed E-state index contributed by atoms with van der Waals surface area (Å²) in [6.07, 6.45) is 5.43. The van der Waals surface area contributed by atoms with Gasteiger partial charge in [-0.05, 0) is 32.6 Å². The molecule has 1 heterocycles. The quantitative estimate of drug-likeness (QED) is 0.813. The van der Waals surface area contributed by atoms with Crippen LogP contribution in [0.3, 0.4) is 0 Å². The third-order valence-electron chi connectivity index (χ3n) is 5.05. The number of rotatable bonds is 4. The number of piperazine rings is 1. The molecule has 0 amide bonds. The molecule has 1 saturated carbocycles. The summed E-state index contributed by atoms with van der Waals surface area (Å²) in [5, 5.41) is 3.77. The standard InChI is InChI=1S/C14H28N2O/c1-5-14(6-2)10-16(11(3)9-15-14)12-7-13(8-12)17-4/h11-13,15H,5-10H2,1-4H3. The van der Waals surface area contributed by atoms with Crippen molar-refractivity contribution >= 4 is 0 Å². The number of hydrogen-bond acceptors (Lipinski definition) is 3. The number of methoxy groups -OCH3 is 1.